The molecule has 0 aromatic heterocycles. The van der Waals surface area contributed by atoms with E-state index in [-0.39, 0.29) is 12.8 Å². The first-order valence-corrected chi connectivity index (χ1v) is 2.60. The van der Waals surface area contributed by atoms with Gasteiger partial charge in [-0.05, 0) is 6.42 Å². The first-order valence-electron chi connectivity index (χ1n) is 2.17. The lowest BCUT2D eigenvalue weighted by Crippen LogP contribution is -2.01. The van der Waals surface area contributed by atoms with Crippen molar-refractivity contribution >= 4 is 17.6 Å². The lowest BCUT2D eigenvalue weighted by Gasteiger charge is -1.94. The van der Waals surface area contributed by atoms with Gasteiger partial charge in [0.25, 0.3) is 0 Å². The van der Waals surface area contributed by atoms with Gasteiger partial charge in [0, 0.05) is 6.42 Å². The number of hydrogen-bond acceptors (Lipinski definition) is 2. The number of aliphatic hydroxyl groups is 1. The van der Waals surface area contributed by atoms with Gasteiger partial charge in [0.05, 0.1) is 0 Å². The first kappa shape index (κ1) is 7.72. The first-order chi connectivity index (χ1) is 3.63. The van der Waals surface area contributed by atoms with Crippen LogP contribution in [0.2, 0.25) is 0 Å². The maximum atomic E-state index is 9.73. The Kier molecular flexibility index (Phi) is 3.56. The zero-order valence-electron chi connectivity index (χ0n) is 4.17. The summed E-state index contributed by atoms with van der Waals surface area (Å²) in [6.45, 7) is 0. The zero-order chi connectivity index (χ0) is 6.57. The van der Waals surface area contributed by atoms with E-state index in [4.69, 9.17) is 21.8 Å². The highest BCUT2D eigenvalue weighted by Gasteiger charge is 2.01. The number of carbonyl (C=O) groups is 1. The molecule has 2 N–H and O–H groups in total. The van der Waals surface area contributed by atoms with E-state index < -0.39 is 11.5 Å². The van der Waals surface area contributed by atoms with Crippen LogP contribution in [0.5, 0.6) is 0 Å². The molecule has 0 rings (SSSR count). The number of alkyl halides is 1. The van der Waals surface area contributed by atoms with E-state index in [1.165, 1.54) is 0 Å². The molecule has 0 saturated carbocycles. The summed E-state index contributed by atoms with van der Waals surface area (Å²) in [6.07, 6.45) is 0.0293. The van der Waals surface area contributed by atoms with Crippen LogP contribution < -0.4 is 0 Å². The Balaban J connectivity index is 3.05. The van der Waals surface area contributed by atoms with Crippen LogP contribution >= 0.6 is 11.6 Å². The number of halogens is 1. The van der Waals surface area contributed by atoms with Crippen LogP contribution in [-0.4, -0.2) is 21.7 Å². The SMILES string of the molecule is O=C(O)CC[C@@H](O)Cl. The van der Waals surface area contributed by atoms with Gasteiger partial charge in [-0.2, -0.15) is 0 Å². The largest absolute Gasteiger partial charge is 0.481 e. The molecular weight excluding hydrogens is 131 g/mol. The van der Waals surface area contributed by atoms with Crippen LogP contribution in [-0.2, 0) is 4.79 Å². The summed E-state index contributed by atoms with van der Waals surface area (Å²) in [4.78, 5) is 9.73. The molecule has 0 unspecified atom stereocenters. The normalized spacial score (nSPS) is 13.2. The van der Waals surface area contributed by atoms with E-state index in [0.29, 0.717) is 0 Å². The van der Waals surface area contributed by atoms with Gasteiger partial charge >= 0.3 is 5.97 Å². The molecule has 0 aromatic carbocycles. The number of carboxylic acid groups (broad SMARTS) is 1. The molecule has 0 bridgehead atoms. The summed E-state index contributed by atoms with van der Waals surface area (Å²) in [5.74, 6) is -0.940. The van der Waals surface area contributed by atoms with Gasteiger partial charge in [-0.15, -0.1) is 0 Å². The van der Waals surface area contributed by atoms with Crippen molar-refractivity contribution in [3.05, 3.63) is 0 Å². The summed E-state index contributed by atoms with van der Waals surface area (Å²) in [5, 5.41) is 16.3. The van der Waals surface area contributed by atoms with Crippen molar-refractivity contribution in [1.29, 1.82) is 0 Å². The summed E-state index contributed by atoms with van der Waals surface area (Å²) in [5.41, 5.74) is -1.02. The Morgan fingerprint density at radius 1 is 1.75 bits per heavy atom. The standard InChI is InChI=1S/C4H7ClO3/c5-3(6)1-2-4(7)8/h3,6H,1-2H2,(H,7,8)/t3-/m1/s1. The molecule has 0 amide bonds. The number of hydrogen-bond donors (Lipinski definition) is 2. The van der Waals surface area contributed by atoms with E-state index in [9.17, 15) is 4.79 Å². The second kappa shape index (κ2) is 3.69. The Morgan fingerprint density at radius 3 is 2.38 bits per heavy atom. The average Bonchev–Trinajstić information content (AvgIpc) is 1.61. The molecule has 1 atom stereocenters. The average molecular weight is 139 g/mol. The maximum absolute atomic E-state index is 9.73. The third-order valence-corrected chi connectivity index (χ3v) is 0.815. The Morgan fingerprint density at radius 2 is 2.25 bits per heavy atom. The van der Waals surface area contributed by atoms with Gasteiger partial charge < -0.3 is 10.2 Å². The Hall–Kier alpha value is -0.280. The Labute approximate surface area is 51.9 Å². The molecule has 0 aliphatic heterocycles. The van der Waals surface area contributed by atoms with Gasteiger partial charge in [0.1, 0.15) is 5.56 Å². The third-order valence-electron chi connectivity index (χ3n) is 0.596. The van der Waals surface area contributed by atoms with Crippen LogP contribution in [0.4, 0.5) is 0 Å². The summed E-state index contributed by atoms with van der Waals surface area (Å²) in [7, 11) is 0. The topological polar surface area (TPSA) is 57.5 Å². The van der Waals surface area contributed by atoms with Gasteiger partial charge in [-0.3, -0.25) is 4.79 Å². The molecular formula is C4H7ClO3. The van der Waals surface area contributed by atoms with Gasteiger partial charge in [-0.1, -0.05) is 11.6 Å². The van der Waals surface area contributed by atoms with Crippen LogP contribution in [0.3, 0.4) is 0 Å². The summed E-state index contributed by atoms with van der Waals surface area (Å²) >= 11 is 5.01. The monoisotopic (exact) mass is 138 g/mol. The fourth-order valence-electron chi connectivity index (χ4n) is 0.243. The van der Waals surface area contributed by atoms with Gasteiger partial charge in [0.15, 0.2) is 0 Å². The molecule has 48 valence electrons. The second-order valence-corrected chi connectivity index (χ2v) is 1.87. The fourth-order valence-corrected chi connectivity index (χ4v) is 0.352. The van der Waals surface area contributed by atoms with Gasteiger partial charge in [0.2, 0.25) is 0 Å². The maximum Gasteiger partial charge on any atom is 0.303 e. The van der Waals surface area contributed by atoms with E-state index in [2.05, 4.69) is 0 Å². The van der Waals surface area contributed by atoms with E-state index >= 15 is 0 Å². The van der Waals surface area contributed by atoms with Crippen LogP contribution in [0.15, 0.2) is 0 Å². The van der Waals surface area contributed by atoms with E-state index in [1.807, 2.05) is 0 Å². The van der Waals surface area contributed by atoms with Crippen molar-refractivity contribution in [3.8, 4) is 0 Å². The molecule has 0 fully saturated rings. The van der Waals surface area contributed by atoms with Crippen molar-refractivity contribution in [1.82, 2.24) is 0 Å². The minimum absolute atomic E-state index is 0.0787. The molecule has 3 nitrogen and oxygen atoms in total. The van der Waals surface area contributed by atoms with Crippen LogP contribution in [0.1, 0.15) is 12.8 Å². The van der Waals surface area contributed by atoms with E-state index in [0.717, 1.165) is 0 Å². The number of aliphatic carboxylic acids is 1. The third kappa shape index (κ3) is 5.72. The minimum Gasteiger partial charge on any atom is -0.481 e. The lowest BCUT2D eigenvalue weighted by atomic mass is 10.3. The fraction of sp³-hybridized carbons (Fsp3) is 0.750. The van der Waals surface area contributed by atoms with Gasteiger partial charge in [-0.25, -0.2) is 0 Å². The molecule has 0 aliphatic rings. The summed E-state index contributed by atoms with van der Waals surface area (Å²) in [6, 6.07) is 0. The molecule has 0 saturated heterocycles. The zero-order valence-corrected chi connectivity index (χ0v) is 4.93. The Bertz CT molecular complexity index is 81.4. The quantitative estimate of drug-likeness (QED) is 0.556. The van der Waals surface area contributed by atoms with Crippen molar-refractivity contribution < 1.29 is 15.0 Å². The molecule has 0 spiro atoms. The molecule has 0 aromatic rings. The van der Waals surface area contributed by atoms with Crippen molar-refractivity contribution in [2.75, 3.05) is 0 Å². The minimum atomic E-state index is -1.02. The molecule has 0 aliphatic carbocycles. The molecule has 0 heterocycles. The summed E-state index contributed by atoms with van der Waals surface area (Å²) < 4.78 is 0. The van der Waals surface area contributed by atoms with Crippen molar-refractivity contribution in [3.63, 3.8) is 0 Å². The molecule has 0 radical (unpaired) electrons. The second-order valence-electron chi connectivity index (χ2n) is 1.37. The number of aliphatic hydroxyl groups excluding tert-OH is 1. The number of rotatable bonds is 3. The molecule has 8 heavy (non-hydrogen) atoms. The van der Waals surface area contributed by atoms with Crippen LogP contribution in [0.25, 0.3) is 0 Å². The van der Waals surface area contributed by atoms with Crippen molar-refractivity contribution in [2.45, 2.75) is 18.4 Å². The highest BCUT2D eigenvalue weighted by molar-refractivity contribution is 6.19. The number of carboxylic acids is 1. The molecule has 4 heteroatoms. The lowest BCUT2D eigenvalue weighted by molar-refractivity contribution is -0.137. The van der Waals surface area contributed by atoms with Crippen LogP contribution in [0, 0.1) is 0 Å². The predicted molar refractivity (Wildman–Crippen MR) is 28.7 cm³/mol. The highest BCUT2D eigenvalue weighted by atomic mass is 35.5. The van der Waals surface area contributed by atoms with Crippen molar-refractivity contribution in [2.24, 2.45) is 0 Å². The highest BCUT2D eigenvalue weighted by Crippen LogP contribution is 1.99. The smallest absolute Gasteiger partial charge is 0.303 e. The van der Waals surface area contributed by atoms with E-state index in [1.54, 1.807) is 0 Å². The predicted octanol–water partition coefficient (Wildman–Crippen LogP) is 0.408.